The third-order valence-corrected chi connectivity index (χ3v) is 2.06. The second-order valence-electron chi connectivity index (χ2n) is 3.25. The lowest BCUT2D eigenvalue weighted by Gasteiger charge is -1.97. The van der Waals surface area contributed by atoms with Crippen LogP contribution in [0.1, 0.15) is 30.9 Å². The molecule has 0 bridgehead atoms. The van der Waals surface area contributed by atoms with Crippen LogP contribution in [-0.2, 0) is 0 Å². The summed E-state index contributed by atoms with van der Waals surface area (Å²) in [5, 5.41) is 0. The van der Waals surface area contributed by atoms with Gasteiger partial charge in [0, 0.05) is 12.8 Å². The molecule has 1 aromatic rings. The Bertz CT molecular complexity index is 276. The fourth-order valence-electron chi connectivity index (χ4n) is 1.14. The molecule has 70 valence electrons. The second-order valence-corrected chi connectivity index (χ2v) is 3.25. The van der Waals surface area contributed by atoms with Crippen LogP contribution >= 0.6 is 0 Å². The van der Waals surface area contributed by atoms with Gasteiger partial charge in [-0.25, -0.2) is 0 Å². The van der Waals surface area contributed by atoms with Gasteiger partial charge in [-0.1, -0.05) is 37.6 Å². The van der Waals surface area contributed by atoms with Crippen LogP contribution in [0, 0.1) is 6.92 Å². The van der Waals surface area contributed by atoms with E-state index in [9.17, 15) is 0 Å². The number of aliphatic imine (C=N–C) groups is 1. The molecule has 13 heavy (non-hydrogen) atoms. The van der Waals surface area contributed by atoms with Crippen LogP contribution in [0.25, 0.3) is 0 Å². The number of unbranched alkanes of at least 4 members (excludes halogenated alkanes) is 1. The average Bonchev–Trinajstić information content (AvgIpc) is 2.15. The topological polar surface area (TPSA) is 12.4 Å². The molecule has 0 amide bonds. The summed E-state index contributed by atoms with van der Waals surface area (Å²) >= 11 is 0. The lowest BCUT2D eigenvalue weighted by atomic mass is 10.1. The molecule has 1 nitrogen and oxygen atoms in total. The predicted molar refractivity (Wildman–Crippen MR) is 58.5 cm³/mol. The molecule has 1 aromatic carbocycles. The van der Waals surface area contributed by atoms with Gasteiger partial charge in [0.1, 0.15) is 0 Å². The largest absolute Gasteiger partial charge is 0.293 e. The first-order chi connectivity index (χ1) is 6.34. The minimum Gasteiger partial charge on any atom is -0.293 e. The van der Waals surface area contributed by atoms with Gasteiger partial charge in [0.05, 0.1) is 0 Å². The fourth-order valence-corrected chi connectivity index (χ4v) is 1.14. The maximum atomic E-state index is 4.37. The molecule has 0 atom stereocenters. The third kappa shape index (κ3) is 3.41. The van der Waals surface area contributed by atoms with Crippen LogP contribution in [0.15, 0.2) is 29.3 Å². The highest BCUT2D eigenvalue weighted by Crippen LogP contribution is 2.03. The van der Waals surface area contributed by atoms with Gasteiger partial charge in [-0.3, -0.25) is 4.99 Å². The summed E-state index contributed by atoms with van der Waals surface area (Å²) in [6, 6.07) is 8.32. The van der Waals surface area contributed by atoms with Crippen molar-refractivity contribution in [2.75, 3.05) is 6.54 Å². The number of hydrogen-bond donors (Lipinski definition) is 0. The van der Waals surface area contributed by atoms with Crippen molar-refractivity contribution in [1.29, 1.82) is 0 Å². The van der Waals surface area contributed by atoms with Gasteiger partial charge < -0.3 is 0 Å². The van der Waals surface area contributed by atoms with Gasteiger partial charge >= 0.3 is 0 Å². The van der Waals surface area contributed by atoms with Crippen molar-refractivity contribution in [2.24, 2.45) is 4.99 Å². The minimum atomic E-state index is 0.949. The Balaban J connectivity index is 2.53. The molecule has 0 saturated carbocycles. The number of hydrogen-bond acceptors (Lipinski definition) is 1. The molecule has 0 aliphatic carbocycles. The number of aryl methyl sites for hydroxylation is 1. The van der Waals surface area contributed by atoms with Crippen molar-refractivity contribution in [3.8, 4) is 0 Å². The lowest BCUT2D eigenvalue weighted by Crippen LogP contribution is -1.87. The molecule has 0 unspecified atom stereocenters. The van der Waals surface area contributed by atoms with Gasteiger partial charge in [0.25, 0.3) is 0 Å². The molecule has 1 heteroatoms. The molecule has 0 heterocycles. The van der Waals surface area contributed by atoms with Crippen molar-refractivity contribution in [2.45, 2.75) is 26.7 Å². The Morgan fingerprint density at radius 2 is 2.08 bits per heavy atom. The van der Waals surface area contributed by atoms with E-state index in [0.29, 0.717) is 0 Å². The molecule has 0 spiro atoms. The van der Waals surface area contributed by atoms with E-state index in [4.69, 9.17) is 0 Å². The van der Waals surface area contributed by atoms with Gasteiger partial charge in [0.15, 0.2) is 0 Å². The Morgan fingerprint density at radius 3 is 2.77 bits per heavy atom. The van der Waals surface area contributed by atoms with E-state index in [-0.39, 0.29) is 0 Å². The SMILES string of the molecule is CCCC/N=C/c1ccccc1C. The molecule has 1 rings (SSSR count). The summed E-state index contributed by atoms with van der Waals surface area (Å²) in [7, 11) is 0. The maximum Gasteiger partial charge on any atom is 0.0389 e. The summed E-state index contributed by atoms with van der Waals surface area (Å²) in [5.74, 6) is 0. The van der Waals surface area contributed by atoms with Crippen molar-refractivity contribution in [3.63, 3.8) is 0 Å². The molecule has 0 fully saturated rings. The van der Waals surface area contributed by atoms with Crippen molar-refractivity contribution >= 4 is 6.21 Å². The molecule has 0 radical (unpaired) electrons. The quantitative estimate of drug-likeness (QED) is 0.492. The second kappa shape index (κ2) is 5.52. The first-order valence-corrected chi connectivity index (χ1v) is 4.90. The van der Waals surface area contributed by atoms with Crippen LogP contribution in [0.4, 0.5) is 0 Å². The van der Waals surface area contributed by atoms with E-state index in [0.717, 1.165) is 6.54 Å². The summed E-state index contributed by atoms with van der Waals surface area (Å²) < 4.78 is 0. The first-order valence-electron chi connectivity index (χ1n) is 4.90. The summed E-state index contributed by atoms with van der Waals surface area (Å²) in [6.07, 6.45) is 4.37. The van der Waals surface area contributed by atoms with E-state index < -0.39 is 0 Å². The van der Waals surface area contributed by atoms with E-state index in [1.54, 1.807) is 0 Å². The van der Waals surface area contributed by atoms with Gasteiger partial charge in [0.2, 0.25) is 0 Å². The highest BCUT2D eigenvalue weighted by atomic mass is 14.7. The predicted octanol–water partition coefficient (Wildman–Crippen LogP) is 3.21. The summed E-state index contributed by atoms with van der Waals surface area (Å²) in [6.45, 7) is 5.25. The normalized spacial score (nSPS) is 10.9. The number of rotatable bonds is 4. The zero-order valence-electron chi connectivity index (χ0n) is 8.46. The Hall–Kier alpha value is -1.11. The van der Waals surface area contributed by atoms with E-state index in [1.165, 1.54) is 24.0 Å². The third-order valence-electron chi connectivity index (χ3n) is 2.06. The Morgan fingerprint density at radius 1 is 1.31 bits per heavy atom. The van der Waals surface area contributed by atoms with Crippen molar-refractivity contribution in [3.05, 3.63) is 35.4 Å². The Labute approximate surface area is 80.5 Å². The van der Waals surface area contributed by atoms with Crippen LogP contribution in [0.3, 0.4) is 0 Å². The van der Waals surface area contributed by atoms with E-state index in [2.05, 4.69) is 37.0 Å². The first kappa shape index (κ1) is 9.97. The number of nitrogens with zero attached hydrogens (tertiary/aromatic N) is 1. The van der Waals surface area contributed by atoms with Gasteiger partial charge in [-0.15, -0.1) is 0 Å². The zero-order valence-corrected chi connectivity index (χ0v) is 8.46. The molecule has 0 aliphatic rings. The number of benzene rings is 1. The maximum absolute atomic E-state index is 4.37. The highest BCUT2D eigenvalue weighted by Gasteiger charge is 1.90. The monoisotopic (exact) mass is 175 g/mol. The zero-order chi connectivity index (χ0) is 9.52. The lowest BCUT2D eigenvalue weighted by molar-refractivity contribution is 0.810. The Kier molecular flexibility index (Phi) is 4.24. The van der Waals surface area contributed by atoms with E-state index in [1.807, 2.05) is 12.3 Å². The van der Waals surface area contributed by atoms with Crippen molar-refractivity contribution in [1.82, 2.24) is 0 Å². The molecule has 0 saturated heterocycles. The van der Waals surface area contributed by atoms with Crippen LogP contribution in [0.2, 0.25) is 0 Å². The standard InChI is InChI=1S/C12H17N/c1-3-4-9-13-10-12-8-6-5-7-11(12)2/h5-8,10H,3-4,9H2,1-2H3/b13-10+. The molecule has 0 aromatic heterocycles. The minimum absolute atomic E-state index is 0.949. The molecular formula is C12H17N. The van der Waals surface area contributed by atoms with E-state index >= 15 is 0 Å². The van der Waals surface area contributed by atoms with Gasteiger partial charge in [-0.2, -0.15) is 0 Å². The smallest absolute Gasteiger partial charge is 0.0389 e. The highest BCUT2D eigenvalue weighted by molar-refractivity contribution is 5.81. The molecule has 0 N–H and O–H groups in total. The molecule has 0 aliphatic heterocycles. The van der Waals surface area contributed by atoms with Crippen LogP contribution < -0.4 is 0 Å². The average molecular weight is 175 g/mol. The van der Waals surface area contributed by atoms with Crippen LogP contribution in [0.5, 0.6) is 0 Å². The molecular weight excluding hydrogens is 158 g/mol. The fraction of sp³-hybridized carbons (Fsp3) is 0.417. The summed E-state index contributed by atoms with van der Waals surface area (Å²) in [5.41, 5.74) is 2.53. The summed E-state index contributed by atoms with van der Waals surface area (Å²) in [4.78, 5) is 4.37. The van der Waals surface area contributed by atoms with Crippen LogP contribution in [-0.4, -0.2) is 12.8 Å². The van der Waals surface area contributed by atoms with Crippen molar-refractivity contribution < 1.29 is 0 Å². The van der Waals surface area contributed by atoms with Gasteiger partial charge in [-0.05, 0) is 24.5 Å².